The predicted molar refractivity (Wildman–Crippen MR) is 55.7 cm³/mol. The van der Waals surface area contributed by atoms with Gasteiger partial charge >= 0.3 is 0 Å². The quantitative estimate of drug-likeness (QED) is 0.702. The van der Waals surface area contributed by atoms with Crippen LogP contribution in [0.1, 0.15) is 13.3 Å². The Labute approximate surface area is 92.0 Å². The molecule has 0 amide bonds. The minimum atomic E-state index is -3.32. The van der Waals surface area contributed by atoms with Crippen LogP contribution >= 0.6 is 15.9 Å². The molecule has 14 heavy (non-hydrogen) atoms. The lowest BCUT2D eigenvalue weighted by molar-refractivity contribution is -0.0228. The lowest BCUT2D eigenvalue weighted by Gasteiger charge is -2.25. The minimum absolute atomic E-state index is 0.00208. The van der Waals surface area contributed by atoms with Crippen molar-refractivity contribution in [2.45, 2.75) is 25.0 Å². The van der Waals surface area contributed by atoms with Gasteiger partial charge in [0.05, 0.1) is 6.10 Å². The number of sulfonamides is 1. The van der Waals surface area contributed by atoms with E-state index < -0.39 is 15.6 Å². The highest BCUT2D eigenvalue weighted by atomic mass is 79.9. The Morgan fingerprint density at radius 1 is 1.71 bits per heavy atom. The first kappa shape index (κ1) is 12.4. The van der Waals surface area contributed by atoms with Crippen LogP contribution in [0.15, 0.2) is 0 Å². The molecule has 1 rings (SSSR count). The van der Waals surface area contributed by atoms with Crippen molar-refractivity contribution in [3.8, 4) is 0 Å². The molecule has 1 aliphatic heterocycles. The number of halogens is 1. The van der Waals surface area contributed by atoms with Gasteiger partial charge in [0, 0.05) is 19.6 Å². The maximum absolute atomic E-state index is 11.1. The molecule has 0 bridgehead atoms. The van der Waals surface area contributed by atoms with Gasteiger partial charge in [-0.2, -0.15) is 0 Å². The maximum Gasteiger partial charge on any atom is 0.221 e. The number of rotatable bonds is 4. The summed E-state index contributed by atoms with van der Waals surface area (Å²) in [5, 5.41) is 9.95. The number of hydrogen-bond acceptors (Lipinski definition) is 4. The molecule has 84 valence electrons. The van der Waals surface area contributed by atoms with Gasteiger partial charge in [-0.15, -0.1) is 0 Å². The molecule has 2 N–H and O–H groups in total. The van der Waals surface area contributed by atoms with Gasteiger partial charge < -0.3 is 9.84 Å². The van der Waals surface area contributed by atoms with E-state index in [-0.39, 0.29) is 17.3 Å². The summed E-state index contributed by atoms with van der Waals surface area (Å²) in [6.07, 6.45) is 0.124. The fourth-order valence-electron chi connectivity index (χ4n) is 1.28. The Morgan fingerprint density at radius 2 is 2.36 bits per heavy atom. The van der Waals surface area contributed by atoms with E-state index >= 15 is 0 Å². The first-order valence-corrected chi connectivity index (χ1v) is 7.04. The van der Waals surface area contributed by atoms with Crippen LogP contribution in [0.25, 0.3) is 0 Å². The normalized spacial score (nSPS) is 33.5. The molecule has 2 unspecified atom stereocenters. The topological polar surface area (TPSA) is 75.6 Å². The third-order valence-electron chi connectivity index (χ3n) is 2.40. The second-order valence-electron chi connectivity index (χ2n) is 3.41. The van der Waals surface area contributed by atoms with Crippen LogP contribution in [0, 0.1) is 0 Å². The molecule has 0 aromatic rings. The number of hydrogen-bond donors (Lipinski definition) is 2. The van der Waals surface area contributed by atoms with Gasteiger partial charge in [-0.1, -0.05) is 15.9 Å². The molecule has 5 nitrogen and oxygen atoms in total. The van der Waals surface area contributed by atoms with E-state index in [2.05, 4.69) is 20.7 Å². The smallest absolute Gasteiger partial charge is 0.221 e. The van der Waals surface area contributed by atoms with Gasteiger partial charge in [0.15, 0.2) is 0 Å². The van der Waals surface area contributed by atoms with Crippen molar-refractivity contribution < 1.29 is 18.3 Å². The lowest BCUT2D eigenvalue weighted by Crippen LogP contribution is -2.47. The Hall–Kier alpha value is 0.310. The molecule has 1 heterocycles. The highest BCUT2D eigenvalue weighted by molar-refractivity contribution is 9.10. The van der Waals surface area contributed by atoms with Crippen molar-refractivity contribution in [2.75, 3.05) is 17.8 Å². The van der Waals surface area contributed by atoms with Crippen LogP contribution in [-0.2, 0) is 14.8 Å². The van der Waals surface area contributed by atoms with Gasteiger partial charge in [0.2, 0.25) is 10.0 Å². The second kappa shape index (κ2) is 4.44. The van der Waals surface area contributed by atoms with Crippen molar-refractivity contribution in [2.24, 2.45) is 0 Å². The first-order valence-electron chi connectivity index (χ1n) is 4.27. The van der Waals surface area contributed by atoms with Crippen molar-refractivity contribution in [1.82, 2.24) is 4.72 Å². The summed E-state index contributed by atoms with van der Waals surface area (Å²) in [5.74, 6) is 0. The first-order chi connectivity index (χ1) is 6.40. The Morgan fingerprint density at radius 3 is 2.79 bits per heavy atom. The molecule has 0 radical (unpaired) electrons. The predicted octanol–water partition coefficient (Wildman–Crippen LogP) is -0.202. The Kier molecular flexibility index (Phi) is 3.93. The van der Waals surface area contributed by atoms with Crippen molar-refractivity contribution in [1.29, 1.82) is 0 Å². The zero-order valence-corrected chi connectivity index (χ0v) is 10.3. The Bertz CT molecular complexity index is 294. The highest BCUT2D eigenvalue weighted by Crippen LogP contribution is 2.24. The van der Waals surface area contributed by atoms with Gasteiger partial charge in [0.1, 0.15) is 10.3 Å². The third kappa shape index (κ3) is 2.90. The average molecular weight is 288 g/mol. The SMILES string of the molecule is CC1OCCC1(O)CNS(=O)(=O)CBr. The van der Waals surface area contributed by atoms with Crippen molar-refractivity contribution in [3.63, 3.8) is 0 Å². The van der Waals surface area contributed by atoms with Crippen LogP contribution < -0.4 is 4.72 Å². The molecule has 1 saturated heterocycles. The molecule has 1 aliphatic rings. The largest absolute Gasteiger partial charge is 0.386 e. The van der Waals surface area contributed by atoms with E-state index in [0.717, 1.165) is 0 Å². The van der Waals surface area contributed by atoms with Gasteiger partial charge in [-0.3, -0.25) is 0 Å². The summed E-state index contributed by atoms with van der Waals surface area (Å²) < 4.78 is 29.5. The summed E-state index contributed by atoms with van der Waals surface area (Å²) in [4.78, 5) is 0. The molecule has 0 aliphatic carbocycles. The monoisotopic (exact) mass is 287 g/mol. The van der Waals surface area contributed by atoms with E-state index in [9.17, 15) is 13.5 Å². The van der Waals surface area contributed by atoms with E-state index in [4.69, 9.17) is 4.74 Å². The lowest BCUT2D eigenvalue weighted by atomic mass is 9.97. The van der Waals surface area contributed by atoms with E-state index in [1.54, 1.807) is 6.92 Å². The van der Waals surface area contributed by atoms with Crippen LogP contribution in [0.3, 0.4) is 0 Å². The minimum Gasteiger partial charge on any atom is -0.386 e. The zero-order valence-electron chi connectivity index (χ0n) is 7.86. The van der Waals surface area contributed by atoms with Gasteiger partial charge in [0.25, 0.3) is 0 Å². The van der Waals surface area contributed by atoms with E-state index in [0.29, 0.717) is 13.0 Å². The zero-order chi connectivity index (χ0) is 10.8. The van der Waals surface area contributed by atoms with E-state index in [1.165, 1.54) is 0 Å². The summed E-state index contributed by atoms with van der Waals surface area (Å²) >= 11 is 2.85. The van der Waals surface area contributed by atoms with Crippen molar-refractivity contribution in [3.05, 3.63) is 0 Å². The molecule has 2 atom stereocenters. The van der Waals surface area contributed by atoms with Crippen LogP contribution in [-0.4, -0.2) is 43.0 Å². The molecule has 7 heteroatoms. The average Bonchev–Trinajstić information content (AvgIpc) is 2.45. The summed E-state index contributed by atoms with van der Waals surface area (Å²) in [5.41, 5.74) is -1.07. The number of nitrogens with one attached hydrogen (secondary N) is 1. The maximum atomic E-state index is 11.1. The molecule has 1 fully saturated rings. The second-order valence-corrected chi connectivity index (χ2v) is 6.52. The number of alkyl halides is 1. The molecule has 0 spiro atoms. The number of ether oxygens (including phenoxy) is 1. The molecule has 0 aromatic carbocycles. The van der Waals surface area contributed by atoms with Crippen LogP contribution in [0.4, 0.5) is 0 Å². The Balaban J connectivity index is 2.52. The summed E-state index contributed by atoms with van der Waals surface area (Å²) in [6, 6.07) is 0. The molecular weight excluding hydrogens is 274 g/mol. The van der Waals surface area contributed by atoms with E-state index in [1.807, 2.05) is 0 Å². The molecular formula is C7H14BrNO4S. The molecule has 0 saturated carbocycles. The van der Waals surface area contributed by atoms with Gasteiger partial charge in [-0.25, -0.2) is 13.1 Å². The highest BCUT2D eigenvalue weighted by Gasteiger charge is 2.40. The third-order valence-corrected chi connectivity index (χ3v) is 5.08. The number of aliphatic hydroxyl groups is 1. The fourth-order valence-corrected chi connectivity index (χ4v) is 2.31. The van der Waals surface area contributed by atoms with Crippen LogP contribution in [0.2, 0.25) is 0 Å². The fraction of sp³-hybridized carbons (Fsp3) is 1.00. The standard InChI is InChI=1S/C7H14BrNO4S/c1-6-7(10,2-3-13-6)4-9-14(11,12)5-8/h6,9-10H,2-5H2,1H3. The summed E-state index contributed by atoms with van der Waals surface area (Å²) in [6.45, 7) is 2.20. The van der Waals surface area contributed by atoms with Gasteiger partial charge in [-0.05, 0) is 6.92 Å². The summed E-state index contributed by atoms with van der Waals surface area (Å²) in [7, 11) is -3.32. The van der Waals surface area contributed by atoms with Crippen LogP contribution in [0.5, 0.6) is 0 Å². The van der Waals surface area contributed by atoms with Crippen molar-refractivity contribution >= 4 is 26.0 Å². The molecule has 0 aromatic heterocycles.